The van der Waals surface area contributed by atoms with E-state index in [2.05, 4.69) is 10.4 Å². The van der Waals surface area contributed by atoms with Gasteiger partial charge in [0.2, 0.25) is 0 Å². The highest BCUT2D eigenvalue weighted by Gasteiger charge is 2.14. The summed E-state index contributed by atoms with van der Waals surface area (Å²) in [5, 5.41) is 9.31. The van der Waals surface area contributed by atoms with Crippen molar-refractivity contribution in [2.75, 3.05) is 5.32 Å². The molecule has 0 atom stereocenters. The molecular formula is C19H13Cl2N3OS. The van der Waals surface area contributed by atoms with Gasteiger partial charge in [0.1, 0.15) is 0 Å². The van der Waals surface area contributed by atoms with Crippen molar-refractivity contribution in [2.45, 2.75) is 6.92 Å². The Labute approximate surface area is 164 Å². The van der Waals surface area contributed by atoms with E-state index in [0.29, 0.717) is 20.7 Å². The molecule has 0 saturated carbocycles. The molecular weight excluding hydrogens is 389 g/mol. The highest BCUT2D eigenvalue weighted by atomic mass is 35.5. The molecule has 2 aromatic heterocycles. The number of hydrogen-bond acceptors (Lipinski definition) is 3. The van der Waals surface area contributed by atoms with Gasteiger partial charge >= 0.3 is 0 Å². The van der Waals surface area contributed by atoms with Gasteiger partial charge < -0.3 is 5.32 Å². The normalized spacial score (nSPS) is 11.0. The van der Waals surface area contributed by atoms with E-state index >= 15 is 0 Å². The summed E-state index contributed by atoms with van der Waals surface area (Å²) < 4.78 is 2.79. The summed E-state index contributed by atoms with van der Waals surface area (Å²) in [6, 6.07) is 16.9. The van der Waals surface area contributed by atoms with Gasteiger partial charge in [0.05, 0.1) is 20.6 Å². The molecule has 7 heteroatoms. The van der Waals surface area contributed by atoms with Crippen molar-refractivity contribution < 1.29 is 4.79 Å². The number of nitrogens with one attached hydrogen (secondary N) is 1. The first-order chi connectivity index (χ1) is 12.5. The number of nitrogens with zero attached hydrogens (tertiary/aromatic N) is 2. The molecule has 1 N–H and O–H groups in total. The van der Waals surface area contributed by atoms with Crippen LogP contribution in [0.3, 0.4) is 0 Å². The van der Waals surface area contributed by atoms with Gasteiger partial charge in [-0.15, -0.1) is 16.4 Å². The fourth-order valence-electron chi connectivity index (χ4n) is 2.69. The van der Waals surface area contributed by atoms with Crippen molar-refractivity contribution in [3.05, 3.63) is 75.2 Å². The Morgan fingerprint density at radius 3 is 2.65 bits per heavy atom. The average Bonchev–Trinajstić information content (AvgIpc) is 3.21. The van der Waals surface area contributed by atoms with Crippen LogP contribution >= 0.6 is 34.5 Å². The average molecular weight is 402 g/mol. The Kier molecular flexibility index (Phi) is 4.44. The van der Waals surface area contributed by atoms with E-state index in [0.717, 1.165) is 21.5 Å². The Bertz CT molecular complexity index is 1100. The van der Waals surface area contributed by atoms with Crippen molar-refractivity contribution in [3.63, 3.8) is 0 Å². The molecule has 0 unspecified atom stereocenters. The van der Waals surface area contributed by atoms with Crippen molar-refractivity contribution >= 4 is 56.3 Å². The number of hydrogen-bond donors (Lipinski definition) is 1. The lowest BCUT2D eigenvalue weighted by Crippen LogP contribution is -2.11. The lowest BCUT2D eigenvalue weighted by Gasteiger charge is -2.05. The lowest BCUT2D eigenvalue weighted by atomic mass is 10.2. The van der Waals surface area contributed by atoms with Crippen LogP contribution in [0.4, 0.5) is 5.82 Å². The highest BCUT2D eigenvalue weighted by molar-refractivity contribution is 7.20. The molecule has 2 aromatic carbocycles. The van der Waals surface area contributed by atoms with Gasteiger partial charge in [0, 0.05) is 16.5 Å². The zero-order chi connectivity index (χ0) is 18.3. The maximum atomic E-state index is 12.6. The van der Waals surface area contributed by atoms with Gasteiger partial charge in [-0.05, 0) is 42.6 Å². The molecule has 2 heterocycles. The van der Waals surface area contributed by atoms with E-state index in [4.69, 9.17) is 23.2 Å². The number of thiophene rings is 1. The minimum Gasteiger partial charge on any atom is -0.304 e. The number of benzene rings is 2. The summed E-state index contributed by atoms with van der Waals surface area (Å²) >= 11 is 13.5. The maximum Gasteiger partial charge on any atom is 0.266 e. The molecule has 26 heavy (non-hydrogen) atoms. The van der Waals surface area contributed by atoms with Gasteiger partial charge in [-0.25, -0.2) is 4.68 Å². The number of aryl methyl sites for hydroxylation is 1. The second-order valence-corrected chi connectivity index (χ2v) is 7.68. The third-order valence-corrected chi connectivity index (χ3v) is 5.78. The number of carbonyl (C=O) groups is 1. The highest BCUT2D eigenvalue weighted by Crippen LogP contribution is 2.27. The van der Waals surface area contributed by atoms with E-state index < -0.39 is 0 Å². The maximum absolute atomic E-state index is 12.6. The van der Waals surface area contributed by atoms with Gasteiger partial charge in [0.15, 0.2) is 5.82 Å². The SMILES string of the molecule is Cc1cc(NC(=O)c2cc3ccccc3s2)nn1-c1ccc(Cl)c(Cl)c1. The number of amides is 1. The van der Waals surface area contributed by atoms with Crippen molar-refractivity contribution in [1.82, 2.24) is 9.78 Å². The molecule has 0 aliphatic carbocycles. The Morgan fingerprint density at radius 1 is 1.08 bits per heavy atom. The van der Waals surface area contributed by atoms with Gasteiger partial charge in [-0.2, -0.15) is 0 Å². The Morgan fingerprint density at radius 2 is 1.88 bits per heavy atom. The van der Waals surface area contributed by atoms with E-state index in [1.165, 1.54) is 11.3 Å². The number of halogens is 2. The molecule has 0 fully saturated rings. The minimum atomic E-state index is -0.176. The summed E-state index contributed by atoms with van der Waals surface area (Å²) in [5.41, 5.74) is 1.65. The zero-order valence-corrected chi connectivity index (χ0v) is 16.0. The summed E-state index contributed by atoms with van der Waals surface area (Å²) in [6.07, 6.45) is 0. The van der Waals surface area contributed by atoms with Crippen molar-refractivity contribution in [2.24, 2.45) is 0 Å². The van der Waals surface area contributed by atoms with Crippen LogP contribution in [0, 0.1) is 6.92 Å². The summed E-state index contributed by atoms with van der Waals surface area (Å²) in [7, 11) is 0. The predicted octanol–water partition coefficient (Wildman–Crippen LogP) is 5.95. The molecule has 4 nitrogen and oxygen atoms in total. The number of anilines is 1. The molecule has 0 saturated heterocycles. The fourth-order valence-corrected chi connectivity index (χ4v) is 3.94. The number of aromatic nitrogens is 2. The van der Waals surface area contributed by atoms with E-state index in [-0.39, 0.29) is 5.91 Å². The van der Waals surface area contributed by atoms with Crippen LogP contribution in [0.25, 0.3) is 15.8 Å². The van der Waals surface area contributed by atoms with Crippen LogP contribution in [0.1, 0.15) is 15.4 Å². The quantitative estimate of drug-likeness (QED) is 0.460. The Hall–Kier alpha value is -2.34. The monoisotopic (exact) mass is 401 g/mol. The molecule has 0 radical (unpaired) electrons. The third-order valence-electron chi connectivity index (χ3n) is 3.93. The van der Waals surface area contributed by atoms with Crippen LogP contribution in [0.5, 0.6) is 0 Å². The van der Waals surface area contributed by atoms with Gasteiger partial charge in [-0.1, -0.05) is 41.4 Å². The van der Waals surface area contributed by atoms with E-state index in [9.17, 15) is 4.79 Å². The van der Waals surface area contributed by atoms with Crippen LogP contribution in [0.2, 0.25) is 10.0 Å². The summed E-state index contributed by atoms with van der Waals surface area (Å²) in [5.74, 6) is 0.306. The molecule has 0 aliphatic rings. The van der Waals surface area contributed by atoms with Gasteiger partial charge in [0.25, 0.3) is 5.91 Å². The minimum absolute atomic E-state index is 0.176. The van der Waals surface area contributed by atoms with Crippen LogP contribution in [-0.4, -0.2) is 15.7 Å². The Balaban J connectivity index is 1.60. The van der Waals surface area contributed by atoms with Crippen molar-refractivity contribution in [3.8, 4) is 5.69 Å². The second-order valence-electron chi connectivity index (χ2n) is 5.78. The summed E-state index contributed by atoms with van der Waals surface area (Å²) in [4.78, 5) is 13.2. The zero-order valence-electron chi connectivity index (χ0n) is 13.7. The fraction of sp³-hybridized carbons (Fsp3) is 0.0526. The van der Waals surface area contributed by atoms with Crippen LogP contribution < -0.4 is 5.32 Å². The van der Waals surface area contributed by atoms with Crippen LogP contribution in [0.15, 0.2) is 54.6 Å². The first-order valence-electron chi connectivity index (χ1n) is 7.83. The summed E-state index contributed by atoms with van der Waals surface area (Å²) in [6.45, 7) is 1.91. The second kappa shape index (κ2) is 6.76. The largest absolute Gasteiger partial charge is 0.304 e. The predicted molar refractivity (Wildman–Crippen MR) is 108 cm³/mol. The molecule has 4 rings (SSSR count). The molecule has 0 bridgehead atoms. The topological polar surface area (TPSA) is 46.9 Å². The smallest absolute Gasteiger partial charge is 0.266 e. The van der Waals surface area contributed by atoms with E-state index in [1.54, 1.807) is 16.8 Å². The first-order valence-corrected chi connectivity index (χ1v) is 9.40. The molecule has 0 aliphatic heterocycles. The van der Waals surface area contributed by atoms with Crippen molar-refractivity contribution in [1.29, 1.82) is 0 Å². The molecule has 0 spiro atoms. The standard InChI is InChI=1S/C19H13Cl2N3OS/c1-11-8-18(23-24(11)13-6-7-14(20)15(21)10-13)22-19(25)17-9-12-4-2-3-5-16(12)26-17/h2-10H,1H3,(H,22,23,25). The van der Waals surface area contributed by atoms with E-state index in [1.807, 2.05) is 49.4 Å². The first kappa shape index (κ1) is 17.1. The van der Waals surface area contributed by atoms with Crippen LogP contribution in [-0.2, 0) is 0 Å². The lowest BCUT2D eigenvalue weighted by molar-refractivity contribution is 0.103. The molecule has 1 amide bonds. The molecule has 130 valence electrons. The number of fused-ring (bicyclic) bond motifs is 1. The van der Waals surface area contributed by atoms with Gasteiger partial charge in [-0.3, -0.25) is 4.79 Å². The number of rotatable bonds is 3. The molecule has 4 aromatic rings. The third kappa shape index (κ3) is 3.21. The number of carbonyl (C=O) groups excluding carboxylic acids is 1.